The number of carbonyl (C=O) groups excluding carboxylic acids is 1. The van der Waals surface area contributed by atoms with Gasteiger partial charge >= 0.3 is 6.03 Å². The van der Waals surface area contributed by atoms with Crippen molar-refractivity contribution in [3.63, 3.8) is 0 Å². The fourth-order valence-corrected chi connectivity index (χ4v) is 2.83. The van der Waals surface area contributed by atoms with E-state index in [1.165, 1.54) is 0 Å². The number of nitrogens with one attached hydrogen (secondary N) is 2. The first-order valence-corrected chi connectivity index (χ1v) is 7.36. The Balaban J connectivity index is 1.64. The largest absolute Gasteiger partial charge is 0.389 e. The van der Waals surface area contributed by atoms with Crippen LogP contribution in [0.25, 0.3) is 0 Å². The van der Waals surface area contributed by atoms with Crippen LogP contribution >= 0.6 is 0 Å². The van der Waals surface area contributed by atoms with Crippen LogP contribution in [0.3, 0.4) is 0 Å². The number of aliphatic hydroxyl groups is 1. The summed E-state index contributed by atoms with van der Waals surface area (Å²) in [4.78, 5) is 13.1. The highest BCUT2D eigenvalue weighted by atomic mass is 16.3. The molecule has 0 spiro atoms. The Bertz CT molecular complexity index is 321. The molecule has 2 aliphatic rings. The van der Waals surface area contributed by atoms with Gasteiger partial charge in [0.05, 0.1) is 5.60 Å². The summed E-state index contributed by atoms with van der Waals surface area (Å²) in [6, 6.07) is 0.0277. The van der Waals surface area contributed by atoms with Gasteiger partial charge in [-0.15, -0.1) is 0 Å². The second-order valence-electron chi connectivity index (χ2n) is 6.78. The summed E-state index contributed by atoms with van der Waals surface area (Å²) in [6.45, 7) is 8.18. The molecule has 1 heterocycles. The van der Waals surface area contributed by atoms with Crippen molar-refractivity contribution in [3.8, 4) is 0 Å². The van der Waals surface area contributed by atoms with Crippen molar-refractivity contribution in [1.82, 2.24) is 15.5 Å². The van der Waals surface area contributed by atoms with Crippen LogP contribution in [0.4, 0.5) is 4.79 Å². The summed E-state index contributed by atoms with van der Waals surface area (Å²) in [7, 11) is 0. The van der Waals surface area contributed by atoms with Crippen molar-refractivity contribution in [2.45, 2.75) is 45.1 Å². The molecule has 0 radical (unpaired) electrons. The lowest BCUT2D eigenvalue weighted by molar-refractivity contribution is -0.0242. The first-order valence-electron chi connectivity index (χ1n) is 7.36. The zero-order valence-electron chi connectivity index (χ0n) is 12.2. The third-order valence-corrected chi connectivity index (χ3v) is 4.49. The SMILES string of the molecule is CC1(C)CCC(O)(CNCCN2CCNC2=O)CC1. The molecule has 0 atom stereocenters. The fourth-order valence-electron chi connectivity index (χ4n) is 2.83. The van der Waals surface area contributed by atoms with Gasteiger partial charge in [-0.1, -0.05) is 13.8 Å². The smallest absolute Gasteiger partial charge is 0.317 e. The molecule has 2 amide bonds. The molecule has 1 saturated heterocycles. The third kappa shape index (κ3) is 4.08. The van der Waals surface area contributed by atoms with Crippen LogP contribution in [0.1, 0.15) is 39.5 Å². The molecule has 1 aliphatic carbocycles. The van der Waals surface area contributed by atoms with E-state index in [0.29, 0.717) is 18.5 Å². The summed E-state index contributed by atoms with van der Waals surface area (Å²) in [5.74, 6) is 0. The van der Waals surface area contributed by atoms with E-state index in [-0.39, 0.29) is 6.03 Å². The lowest BCUT2D eigenvalue weighted by Gasteiger charge is -2.40. The Morgan fingerprint density at radius 1 is 1.32 bits per heavy atom. The highest BCUT2D eigenvalue weighted by Crippen LogP contribution is 2.39. The molecule has 5 heteroatoms. The maximum Gasteiger partial charge on any atom is 0.317 e. The summed E-state index contributed by atoms with van der Waals surface area (Å²) in [6.07, 6.45) is 3.91. The van der Waals surface area contributed by atoms with Gasteiger partial charge in [-0.2, -0.15) is 0 Å². The Labute approximate surface area is 115 Å². The minimum Gasteiger partial charge on any atom is -0.389 e. The Hall–Kier alpha value is -0.810. The lowest BCUT2D eigenvalue weighted by atomic mass is 9.71. The molecule has 0 bridgehead atoms. The molecule has 3 N–H and O–H groups in total. The molecule has 2 rings (SSSR count). The number of rotatable bonds is 5. The van der Waals surface area contributed by atoms with E-state index in [0.717, 1.165) is 45.3 Å². The highest BCUT2D eigenvalue weighted by Gasteiger charge is 2.36. The number of hydrogen-bond acceptors (Lipinski definition) is 3. The van der Waals surface area contributed by atoms with E-state index in [9.17, 15) is 9.90 Å². The lowest BCUT2D eigenvalue weighted by Crippen LogP contribution is -2.46. The fraction of sp³-hybridized carbons (Fsp3) is 0.929. The minimum absolute atomic E-state index is 0.0277. The number of urea groups is 1. The van der Waals surface area contributed by atoms with Crippen molar-refractivity contribution in [1.29, 1.82) is 0 Å². The standard InChI is InChI=1S/C14H27N3O2/c1-13(2)3-5-14(19,6-4-13)11-15-7-9-17-10-8-16-12(17)18/h15,19H,3-11H2,1-2H3,(H,16,18). The van der Waals surface area contributed by atoms with E-state index < -0.39 is 5.60 Å². The monoisotopic (exact) mass is 269 g/mol. The molecular weight excluding hydrogens is 242 g/mol. The van der Waals surface area contributed by atoms with E-state index in [2.05, 4.69) is 24.5 Å². The summed E-state index contributed by atoms with van der Waals surface area (Å²) in [5.41, 5.74) is -0.178. The molecule has 1 aliphatic heterocycles. The van der Waals surface area contributed by atoms with Crippen molar-refractivity contribution in [3.05, 3.63) is 0 Å². The molecule has 19 heavy (non-hydrogen) atoms. The topological polar surface area (TPSA) is 64.6 Å². The van der Waals surface area contributed by atoms with E-state index in [1.54, 1.807) is 4.90 Å². The molecule has 0 aromatic heterocycles. The van der Waals surface area contributed by atoms with E-state index >= 15 is 0 Å². The van der Waals surface area contributed by atoms with Crippen molar-refractivity contribution >= 4 is 6.03 Å². The molecule has 0 unspecified atom stereocenters. The van der Waals surface area contributed by atoms with Gasteiger partial charge in [-0.3, -0.25) is 0 Å². The summed E-state index contributed by atoms with van der Waals surface area (Å²) < 4.78 is 0. The zero-order valence-corrected chi connectivity index (χ0v) is 12.2. The van der Waals surface area contributed by atoms with E-state index in [1.807, 2.05) is 0 Å². The molecule has 0 aromatic carbocycles. The predicted octanol–water partition coefficient (Wildman–Crippen LogP) is 0.932. The van der Waals surface area contributed by atoms with Crippen molar-refractivity contribution in [2.24, 2.45) is 5.41 Å². The average Bonchev–Trinajstić information content (AvgIpc) is 2.76. The highest BCUT2D eigenvalue weighted by molar-refractivity contribution is 5.76. The van der Waals surface area contributed by atoms with Gasteiger partial charge in [0.2, 0.25) is 0 Å². The molecule has 110 valence electrons. The second kappa shape index (κ2) is 5.67. The minimum atomic E-state index is -0.553. The number of amides is 2. The normalized spacial score (nSPS) is 25.4. The quantitative estimate of drug-likeness (QED) is 0.651. The first kappa shape index (κ1) is 14.6. The molecule has 0 aromatic rings. The van der Waals surface area contributed by atoms with Crippen LogP contribution in [-0.2, 0) is 0 Å². The summed E-state index contributed by atoms with van der Waals surface area (Å²) >= 11 is 0. The Morgan fingerprint density at radius 3 is 2.58 bits per heavy atom. The molecule has 2 fully saturated rings. The van der Waals surface area contributed by atoms with Gasteiger partial charge in [-0.25, -0.2) is 4.79 Å². The molecule has 1 saturated carbocycles. The van der Waals surface area contributed by atoms with Gasteiger partial charge < -0.3 is 20.6 Å². The maximum atomic E-state index is 11.3. The zero-order chi connectivity index (χ0) is 13.9. The van der Waals surface area contributed by atoms with Crippen molar-refractivity contribution in [2.75, 3.05) is 32.7 Å². The van der Waals surface area contributed by atoms with Crippen LogP contribution in [0.2, 0.25) is 0 Å². The molecular formula is C14H27N3O2. The van der Waals surface area contributed by atoms with Crippen LogP contribution in [0.5, 0.6) is 0 Å². The second-order valence-corrected chi connectivity index (χ2v) is 6.78. The van der Waals surface area contributed by atoms with Crippen molar-refractivity contribution < 1.29 is 9.90 Å². The first-order chi connectivity index (χ1) is 8.90. The van der Waals surface area contributed by atoms with Crippen LogP contribution in [0, 0.1) is 5.41 Å². The van der Waals surface area contributed by atoms with Gasteiger partial charge in [0.25, 0.3) is 0 Å². The Morgan fingerprint density at radius 2 is 2.00 bits per heavy atom. The van der Waals surface area contributed by atoms with Gasteiger partial charge in [-0.05, 0) is 31.1 Å². The number of nitrogens with zero attached hydrogens (tertiary/aromatic N) is 1. The van der Waals surface area contributed by atoms with Crippen LogP contribution < -0.4 is 10.6 Å². The predicted molar refractivity (Wildman–Crippen MR) is 75.0 cm³/mol. The number of hydrogen-bond donors (Lipinski definition) is 3. The van der Waals surface area contributed by atoms with Gasteiger partial charge in [0.1, 0.15) is 0 Å². The Kier molecular flexibility index (Phi) is 4.36. The number of carbonyl (C=O) groups is 1. The summed E-state index contributed by atoms with van der Waals surface area (Å²) in [5, 5.41) is 16.6. The maximum absolute atomic E-state index is 11.3. The van der Waals surface area contributed by atoms with Crippen LogP contribution in [0.15, 0.2) is 0 Å². The molecule has 5 nitrogen and oxygen atoms in total. The van der Waals surface area contributed by atoms with E-state index in [4.69, 9.17) is 0 Å². The van der Waals surface area contributed by atoms with Crippen LogP contribution in [-0.4, -0.2) is 54.4 Å². The van der Waals surface area contributed by atoms with Gasteiger partial charge in [0, 0.05) is 32.7 Å². The third-order valence-electron chi connectivity index (χ3n) is 4.49. The van der Waals surface area contributed by atoms with Gasteiger partial charge in [0.15, 0.2) is 0 Å². The average molecular weight is 269 g/mol.